The zero-order valence-corrected chi connectivity index (χ0v) is 18.9. The Morgan fingerprint density at radius 2 is 1.79 bits per heavy atom. The molecule has 162 valence electrons. The first-order valence-corrected chi connectivity index (χ1v) is 10.1. The van der Waals surface area contributed by atoms with Crippen molar-refractivity contribution in [3.8, 4) is 0 Å². The number of hydrogen-bond donors (Lipinski definition) is 0. The number of aryl methyl sites for hydroxylation is 1. The molecule has 1 aromatic rings. The Morgan fingerprint density at radius 1 is 1.24 bits per heavy atom. The van der Waals surface area contributed by atoms with Gasteiger partial charge in [-0.2, -0.15) is 0 Å². The third-order valence-electron chi connectivity index (χ3n) is 5.55. The highest BCUT2D eigenvalue weighted by Gasteiger charge is 2.37. The lowest BCUT2D eigenvalue weighted by atomic mass is 9.82. The maximum Gasteiger partial charge on any atom is 0.339 e. The molecule has 29 heavy (non-hydrogen) atoms. The van der Waals surface area contributed by atoms with Gasteiger partial charge in [-0.15, -0.1) is 0 Å². The third-order valence-corrected chi connectivity index (χ3v) is 5.55. The van der Waals surface area contributed by atoms with Crippen molar-refractivity contribution >= 4 is 17.3 Å². The lowest BCUT2D eigenvalue weighted by Gasteiger charge is -2.40. The molecule has 0 aliphatic carbocycles. The monoisotopic (exact) mass is 406 g/mol. The normalized spacial score (nSPS) is 17.7. The lowest BCUT2D eigenvalue weighted by molar-refractivity contribution is -0.385. The largest absolute Gasteiger partial charge is 0.467 e. The summed E-state index contributed by atoms with van der Waals surface area (Å²) in [5.74, 6) is -0.554. The van der Waals surface area contributed by atoms with Crippen molar-refractivity contribution in [1.29, 1.82) is 0 Å². The van der Waals surface area contributed by atoms with E-state index in [4.69, 9.17) is 9.47 Å². The summed E-state index contributed by atoms with van der Waals surface area (Å²) in [6.07, 6.45) is 0.971. The topological polar surface area (TPSA) is 81.9 Å². The molecule has 7 nitrogen and oxygen atoms in total. The minimum absolute atomic E-state index is 0.00926. The van der Waals surface area contributed by atoms with Crippen LogP contribution in [0.5, 0.6) is 0 Å². The van der Waals surface area contributed by atoms with E-state index in [1.54, 1.807) is 13.0 Å². The molecular formula is C22H34N2O5. The fraction of sp³-hybridized carbons (Fsp3) is 0.682. The average molecular weight is 407 g/mol. The van der Waals surface area contributed by atoms with Gasteiger partial charge in [0.1, 0.15) is 0 Å². The Hall–Kier alpha value is -2.15. The van der Waals surface area contributed by atoms with Crippen molar-refractivity contribution in [1.82, 2.24) is 0 Å². The number of ether oxygens (including phenoxy) is 2. The van der Waals surface area contributed by atoms with Crippen LogP contribution in [0.2, 0.25) is 0 Å². The molecule has 1 aromatic carbocycles. The molecule has 0 amide bonds. The molecule has 2 rings (SSSR count). The van der Waals surface area contributed by atoms with Crippen molar-refractivity contribution in [3.05, 3.63) is 32.9 Å². The van der Waals surface area contributed by atoms with Crippen LogP contribution >= 0.6 is 0 Å². The van der Waals surface area contributed by atoms with Crippen LogP contribution in [0.25, 0.3) is 0 Å². The second-order valence-corrected chi connectivity index (χ2v) is 9.64. The number of anilines is 1. The molecule has 1 aliphatic rings. The van der Waals surface area contributed by atoms with Crippen LogP contribution in [-0.2, 0) is 14.3 Å². The van der Waals surface area contributed by atoms with Gasteiger partial charge in [0.25, 0.3) is 5.69 Å². The van der Waals surface area contributed by atoms with Gasteiger partial charge in [-0.25, -0.2) is 4.79 Å². The van der Waals surface area contributed by atoms with E-state index in [1.165, 1.54) is 7.11 Å². The molecule has 1 fully saturated rings. The number of hydrogen-bond acceptors (Lipinski definition) is 6. The maximum atomic E-state index is 12.7. The van der Waals surface area contributed by atoms with Crippen LogP contribution in [0.3, 0.4) is 0 Å². The van der Waals surface area contributed by atoms with Gasteiger partial charge in [-0.05, 0) is 58.4 Å². The molecule has 0 bridgehead atoms. The fourth-order valence-corrected chi connectivity index (χ4v) is 3.86. The van der Waals surface area contributed by atoms with E-state index >= 15 is 0 Å². The van der Waals surface area contributed by atoms with Gasteiger partial charge in [0.15, 0.2) is 6.10 Å². The van der Waals surface area contributed by atoms with Crippen LogP contribution < -0.4 is 4.90 Å². The number of nitrogens with zero attached hydrogens (tertiary/aromatic N) is 2. The summed E-state index contributed by atoms with van der Waals surface area (Å²) in [4.78, 5) is 26.2. The molecule has 0 saturated carbocycles. The maximum absolute atomic E-state index is 12.7. The molecule has 7 heteroatoms. The van der Waals surface area contributed by atoms with Crippen molar-refractivity contribution < 1.29 is 19.2 Å². The summed E-state index contributed by atoms with van der Waals surface area (Å²) in [5, 5.41) is 11.7. The Bertz CT molecular complexity index is 785. The van der Waals surface area contributed by atoms with E-state index in [0.29, 0.717) is 11.1 Å². The fourth-order valence-electron chi connectivity index (χ4n) is 3.86. The number of nitro benzene ring substituents is 1. The summed E-state index contributed by atoms with van der Waals surface area (Å²) < 4.78 is 11.1. The van der Waals surface area contributed by atoms with Gasteiger partial charge in [-0.1, -0.05) is 13.8 Å². The second-order valence-electron chi connectivity index (χ2n) is 9.64. The molecule has 1 unspecified atom stereocenters. The third kappa shape index (κ3) is 5.26. The van der Waals surface area contributed by atoms with Crippen LogP contribution in [-0.4, -0.2) is 36.7 Å². The van der Waals surface area contributed by atoms with E-state index in [9.17, 15) is 14.9 Å². The Balaban J connectivity index is 2.71. The van der Waals surface area contributed by atoms with E-state index in [1.807, 2.05) is 27.7 Å². The van der Waals surface area contributed by atoms with E-state index in [-0.39, 0.29) is 11.1 Å². The standard InChI is InChI=1S/C22H34N2O5/c1-14-13-16(24(26)27)15(2)17(19(20(25)28-8)29-21(3,4)5)18(14)23-11-9-22(6,7)10-12-23/h13,19H,9-12H2,1-8H3. The highest BCUT2D eigenvalue weighted by atomic mass is 16.6. The first-order chi connectivity index (χ1) is 13.3. The first-order valence-electron chi connectivity index (χ1n) is 10.1. The van der Waals surface area contributed by atoms with Gasteiger partial charge in [-0.3, -0.25) is 10.1 Å². The Kier molecular flexibility index (Phi) is 6.62. The van der Waals surface area contributed by atoms with Gasteiger partial charge in [0.05, 0.1) is 17.6 Å². The molecule has 0 radical (unpaired) electrons. The molecular weight excluding hydrogens is 372 g/mol. The van der Waals surface area contributed by atoms with Gasteiger partial charge >= 0.3 is 5.97 Å². The predicted octanol–water partition coefficient (Wildman–Crippen LogP) is 4.87. The highest BCUT2D eigenvalue weighted by molar-refractivity contribution is 5.82. The first kappa shape index (κ1) is 23.1. The lowest BCUT2D eigenvalue weighted by Crippen LogP contribution is -2.39. The van der Waals surface area contributed by atoms with E-state index < -0.39 is 22.6 Å². The quantitative estimate of drug-likeness (QED) is 0.394. The van der Waals surface area contributed by atoms with Crippen molar-refractivity contribution in [2.45, 2.75) is 73.0 Å². The van der Waals surface area contributed by atoms with Gasteiger partial charge in [0, 0.05) is 36.0 Å². The van der Waals surface area contributed by atoms with Crippen LogP contribution in [0, 0.1) is 29.4 Å². The van der Waals surface area contributed by atoms with Crippen LogP contribution in [0.15, 0.2) is 6.07 Å². The average Bonchev–Trinajstić information content (AvgIpc) is 2.60. The second kappa shape index (κ2) is 8.30. The molecule has 1 aliphatic heterocycles. The molecule has 0 aromatic heterocycles. The number of carbonyl (C=O) groups is 1. The minimum Gasteiger partial charge on any atom is -0.467 e. The number of benzene rings is 1. The Labute approximate surface area is 173 Å². The summed E-state index contributed by atoms with van der Waals surface area (Å²) in [5.41, 5.74) is 2.21. The Morgan fingerprint density at radius 3 is 2.24 bits per heavy atom. The molecule has 1 saturated heterocycles. The summed E-state index contributed by atoms with van der Waals surface area (Å²) >= 11 is 0. The number of rotatable bonds is 5. The summed E-state index contributed by atoms with van der Waals surface area (Å²) in [6.45, 7) is 15.2. The minimum atomic E-state index is -1.04. The van der Waals surface area contributed by atoms with E-state index in [2.05, 4.69) is 18.7 Å². The number of esters is 1. The highest BCUT2D eigenvalue weighted by Crippen LogP contribution is 2.43. The van der Waals surface area contributed by atoms with Crippen molar-refractivity contribution in [3.63, 3.8) is 0 Å². The van der Waals surface area contributed by atoms with Crippen molar-refractivity contribution in [2.75, 3.05) is 25.1 Å². The van der Waals surface area contributed by atoms with Crippen molar-refractivity contribution in [2.24, 2.45) is 5.41 Å². The van der Waals surface area contributed by atoms with Crippen LogP contribution in [0.4, 0.5) is 11.4 Å². The number of carbonyl (C=O) groups excluding carboxylic acids is 1. The van der Waals surface area contributed by atoms with Gasteiger partial charge < -0.3 is 14.4 Å². The molecule has 0 spiro atoms. The van der Waals surface area contributed by atoms with E-state index in [0.717, 1.165) is 37.2 Å². The number of methoxy groups -OCH3 is 1. The zero-order chi connectivity index (χ0) is 22.1. The zero-order valence-electron chi connectivity index (χ0n) is 18.9. The van der Waals surface area contributed by atoms with Gasteiger partial charge in [0.2, 0.25) is 0 Å². The van der Waals surface area contributed by atoms with Crippen LogP contribution in [0.1, 0.15) is 70.3 Å². The number of nitro groups is 1. The summed E-state index contributed by atoms with van der Waals surface area (Å²) in [7, 11) is 1.31. The SMILES string of the molecule is COC(=O)C(OC(C)(C)C)c1c(C)c([N+](=O)[O-])cc(C)c1N1CCC(C)(C)CC1. The molecule has 1 atom stereocenters. The smallest absolute Gasteiger partial charge is 0.339 e. The summed E-state index contributed by atoms with van der Waals surface area (Å²) in [6, 6.07) is 1.60. The molecule has 0 N–H and O–H groups in total. The molecule has 1 heterocycles. The predicted molar refractivity (Wildman–Crippen MR) is 113 cm³/mol. The number of piperidine rings is 1.